The van der Waals surface area contributed by atoms with Crippen LogP contribution < -0.4 is 10.1 Å². The van der Waals surface area contributed by atoms with E-state index in [-0.39, 0.29) is 23.9 Å². The number of hydrogen-bond donors (Lipinski definition) is 1. The highest BCUT2D eigenvalue weighted by Crippen LogP contribution is 2.35. The van der Waals surface area contributed by atoms with E-state index < -0.39 is 4.92 Å². The van der Waals surface area contributed by atoms with Crippen LogP contribution in [0.1, 0.15) is 25.3 Å². The minimum absolute atomic E-state index is 0.0806. The maximum atomic E-state index is 12.7. The lowest BCUT2D eigenvalue weighted by molar-refractivity contribution is -0.384. The Morgan fingerprint density at radius 3 is 2.61 bits per heavy atom. The monoisotopic (exact) mass is 383 g/mol. The summed E-state index contributed by atoms with van der Waals surface area (Å²) in [7, 11) is 1.42. The van der Waals surface area contributed by atoms with Gasteiger partial charge in [0.05, 0.1) is 30.3 Å². The summed E-state index contributed by atoms with van der Waals surface area (Å²) in [5.41, 5.74) is 1.51. The Morgan fingerprint density at radius 2 is 2.00 bits per heavy atom. The molecule has 1 aliphatic carbocycles. The minimum atomic E-state index is -0.493. The van der Waals surface area contributed by atoms with Crippen molar-refractivity contribution >= 4 is 17.3 Å². The van der Waals surface area contributed by atoms with Crippen LogP contribution in [0, 0.1) is 16.0 Å². The molecule has 3 rings (SSSR count). The Balaban J connectivity index is 1.70. The first-order valence-electron chi connectivity index (χ1n) is 9.38. The van der Waals surface area contributed by atoms with Crippen molar-refractivity contribution in [1.29, 1.82) is 0 Å². The van der Waals surface area contributed by atoms with Gasteiger partial charge in [0.25, 0.3) is 5.69 Å². The number of carbonyl (C=O) groups excluding carboxylic acids is 1. The molecule has 0 heterocycles. The summed E-state index contributed by atoms with van der Waals surface area (Å²) in [4.78, 5) is 25.3. The second-order valence-corrected chi connectivity index (χ2v) is 7.16. The molecule has 7 nitrogen and oxygen atoms in total. The molecule has 1 fully saturated rings. The molecule has 0 bridgehead atoms. The van der Waals surface area contributed by atoms with E-state index in [0.29, 0.717) is 24.2 Å². The fourth-order valence-electron chi connectivity index (χ4n) is 3.31. The van der Waals surface area contributed by atoms with Crippen molar-refractivity contribution in [2.24, 2.45) is 5.92 Å². The molecule has 148 valence electrons. The fourth-order valence-corrected chi connectivity index (χ4v) is 3.31. The number of methoxy groups -OCH3 is 1. The lowest BCUT2D eigenvalue weighted by Gasteiger charge is -2.29. The quantitative estimate of drug-likeness (QED) is 0.525. The van der Waals surface area contributed by atoms with Crippen molar-refractivity contribution in [3.05, 3.63) is 64.2 Å². The molecule has 1 N–H and O–H groups in total. The number of nitrogens with zero attached hydrogens (tertiary/aromatic N) is 2. The molecule has 0 spiro atoms. The number of nitrogens with one attached hydrogen (secondary N) is 1. The van der Waals surface area contributed by atoms with Gasteiger partial charge in [0.15, 0.2) is 0 Å². The maximum Gasteiger partial charge on any atom is 0.273 e. The first-order valence-corrected chi connectivity index (χ1v) is 9.38. The highest BCUT2D eigenvalue weighted by Gasteiger charge is 2.32. The van der Waals surface area contributed by atoms with Crippen LogP contribution in [0.25, 0.3) is 0 Å². The van der Waals surface area contributed by atoms with Gasteiger partial charge in [-0.3, -0.25) is 19.8 Å². The summed E-state index contributed by atoms with van der Waals surface area (Å²) in [6.45, 7) is 3.11. The molecule has 1 atom stereocenters. The zero-order valence-corrected chi connectivity index (χ0v) is 16.1. The summed E-state index contributed by atoms with van der Waals surface area (Å²) in [5, 5.41) is 13.8. The maximum absolute atomic E-state index is 12.7. The van der Waals surface area contributed by atoms with Gasteiger partial charge in [0.2, 0.25) is 5.91 Å². The average Bonchev–Trinajstić information content (AvgIpc) is 3.53. The summed E-state index contributed by atoms with van der Waals surface area (Å²) < 4.78 is 5.20. The van der Waals surface area contributed by atoms with Gasteiger partial charge in [-0.05, 0) is 37.3 Å². The second-order valence-electron chi connectivity index (χ2n) is 7.16. The van der Waals surface area contributed by atoms with Crippen LogP contribution in [0.2, 0.25) is 0 Å². The molecule has 1 unspecified atom stereocenters. The number of nitro groups is 1. The number of rotatable bonds is 9. The first kappa shape index (κ1) is 19.8. The Hall–Kier alpha value is -2.93. The summed E-state index contributed by atoms with van der Waals surface area (Å²) >= 11 is 0. The number of non-ortho nitro benzene ring substituents is 1. The van der Waals surface area contributed by atoms with E-state index in [0.717, 1.165) is 5.56 Å². The van der Waals surface area contributed by atoms with Gasteiger partial charge < -0.3 is 10.1 Å². The van der Waals surface area contributed by atoms with E-state index in [1.165, 1.54) is 38.2 Å². The number of carbonyl (C=O) groups is 1. The Bertz CT molecular complexity index is 837. The molecule has 1 amide bonds. The standard InChI is InChI=1S/C21H25N3O4/c1-15(17-8-9-17)23(13-16-6-4-3-5-7-16)14-21(25)22-19-11-10-18(24(26)27)12-20(19)28-2/h3-7,10-12,15,17H,8-9,13-14H2,1-2H3,(H,22,25). The lowest BCUT2D eigenvalue weighted by Crippen LogP contribution is -2.40. The van der Waals surface area contributed by atoms with Crippen LogP contribution in [0.5, 0.6) is 5.75 Å². The largest absolute Gasteiger partial charge is 0.494 e. The average molecular weight is 383 g/mol. The van der Waals surface area contributed by atoms with E-state index in [9.17, 15) is 14.9 Å². The van der Waals surface area contributed by atoms with Crippen molar-refractivity contribution in [1.82, 2.24) is 4.90 Å². The topological polar surface area (TPSA) is 84.7 Å². The van der Waals surface area contributed by atoms with Crippen molar-refractivity contribution in [3.8, 4) is 5.75 Å². The highest BCUT2D eigenvalue weighted by atomic mass is 16.6. The van der Waals surface area contributed by atoms with Crippen LogP contribution in [0.3, 0.4) is 0 Å². The number of amides is 1. The number of benzene rings is 2. The Kier molecular flexibility index (Phi) is 6.26. The summed E-state index contributed by atoms with van der Waals surface area (Å²) in [6.07, 6.45) is 2.40. The number of hydrogen-bond acceptors (Lipinski definition) is 5. The van der Waals surface area contributed by atoms with Gasteiger partial charge in [0, 0.05) is 18.7 Å². The summed E-state index contributed by atoms with van der Waals surface area (Å²) in [5.74, 6) is 0.730. The molecule has 1 saturated carbocycles. The van der Waals surface area contributed by atoms with Gasteiger partial charge in [-0.1, -0.05) is 30.3 Å². The van der Waals surface area contributed by atoms with Crippen LogP contribution in [-0.2, 0) is 11.3 Å². The Morgan fingerprint density at radius 1 is 1.29 bits per heavy atom. The molecular weight excluding hydrogens is 358 g/mol. The van der Waals surface area contributed by atoms with Crippen LogP contribution in [-0.4, -0.2) is 35.4 Å². The van der Waals surface area contributed by atoms with Crippen molar-refractivity contribution in [2.45, 2.75) is 32.4 Å². The van der Waals surface area contributed by atoms with Crippen LogP contribution in [0.4, 0.5) is 11.4 Å². The molecule has 0 aromatic heterocycles. The Labute approximate surface area is 164 Å². The van der Waals surface area contributed by atoms with Crippen molar-refractivity contribution < 1.29 is 14.5 Å². The predicted octanol–water partition coefficient (Wildman–Crippen LogP) is 3.84. The molecule has 0 aliphatic heterocycles. The smallest absolute Gasteiger partial charge is 0.273 e. The first-order chi connectivity index (χ1) is 13.5. The molecular formula is C21H25N3O4. The zero-order valence-electron chi connectivity index (χ0n) is 16.1. The second kappa shape index (κ2) is 8.84. The molecule has 0 radical (unpaired) electrons. The SMILES string of the molecule is COc1cc([N+](=O)[O-])ccc1NC(=O)CN(Cc1ccccc1)C(C)C1CC1. The third-order valence-electron chi connectivity index (χ3n) is 5.13. The molecule has 0 saturated heterocycles. The molecule has 28 heavy (non-hydrogen) atoms. The molecule has 2 aromatic carbocycles. The van der Waals surface area contributed by atoms with Gasteiger partial charge in [0.1, 0.15) is 5.75 Å². The van der Waals surface area contributed by atoms with Gasteiger partial charge >= 0.3 is 0 Å². The highest BCUT2D eigenvalue weighted by molar-refractivity contribution is 5.94. The van der Waals surface area contributed by atoms with Gasteiger partial charge in [-0.25, -0.2) is 0 Å². The zero-order chi connectivity index (χ0) is 20.1. The normalized spacial score (nSPS) is 14.5. The lowest BCUT2D eigenvalue weighted by atomic mass is 10.1. The number of anilines is 1. The van der Waals surface area contributed by atoms with E-state index in [1.54, 1.807) is 0 Å². The third-order valence-corrected chi connectivity index (χ3v) is 5.13. The van der Waals surface area contributed by atoms with E-state index >= 15 is 0 Å². The van der Waals surface area contributed by atoms with Crippen LogP contribution in [0.15, 0.2) is 48.5 Å². The number of ether oxygens (including phenoxy) is 1. The van der Waals surface area contributed by atoms with Crippen molar-refractivity contribution in [2.75, 3.05) is 19.0 Å². The van der Waals surface area contributed by atoms with Gasteiger partial charge in [-0.2, -0.15) is 0 Å². The minimum Gasteiger partial charge on any atom is -0.494 e. The van der Waals surface area contributed by atoms with E-state index in [2.05, 4.69) is 29.3 Å². The fraction of sp³-hybridized carbons (Fsp3) is 0.381. The molecule has 1 aliphatic rings. The summed E-state index contributed by atoms with van der Waals surface area (Å²) in [6, 6.07) is 14.6. The van der Waals surface area contributed by atoms with E-state index in [4.69, 9.17) is 4.74 Å². The van der Waals surface area contributed by atoms with Crippen LogP contribution >= 0.6 is 0 Å². The van der Waals surface area contributed by atoms with Gasteiger partial charge in [-0.15, -0.1) is 0 Å². The number of nitro benzene ring substituents is 1. The van der Waals surface area contributed by atoms with Crippen molar-refractivity contribution in [3.63, 3.8) is 0 Å². The van der Waals surface area contributed by atoms with E-state index in [1.807, 2.05) is 18.2 Å². The molecule has 7 heteroatoms. The molecule has 2 aromatic rings. The third kappa shape index (κ3) is 5.07. The predicted molar refractivity (Wildman–Crippen MR) is 107 cm³/mol.